The van der Waals surface area contributed by atoms with E-state index in [0.29, 0.717) is 17.8 Å². The minimum atomic E-state index is -0.158. The van der Waals surface area contributed by atoms with Crippen molar-refractivity contribution in [2.24, 2.45) is 0 Å². The van der Waals surface area contributed by atoms with Crippen molar-refractivity contribution in [2.75, 3.05) is 11.9 Å². The molecule has 0 atom stereocenters. The molecule has 0 saturated carbocycles. The van der Waals surface area contributed by atoms with Crippen LogP contribution in [0.5, 0.6) is 0 Å². The quantitative estimate of drug-likeness (QED) is 0.747. The smallest absolute Gasteiger partial charge is 0.251 e. The average Bonchev–Trinajstić information content (AvgIpc) is 2.97. The maximum absolute atomic E-state index is 12.3. The number of aryl methyl sites for hydroxylation is 1. The van der Waals surface area contributed by atoms with Gasteiger partial charge in [0.1, 0.15) is 5.58 Å². The molecule has 0 aliphatic rings. The third-order valence-corrected chi connectivity index (χ3v) is 3.91. The van der Waals surface area contributed by atoms with E-state index in [1.54, 1.807) is 30.5 Å². The lowest BCUT2D eigenvalue weighted by atomic mass is 10.1. The van der Waals surface area contributed by atoms with Crippen LogP contribution in [0.1, 0.15) is 28.4 Å². The van der Waals surface area contributed by atoms with Gasteiger partial charge in [0.15, 0.2) is 0 Å². The summed E-state index contributed by atoms with van der Waals surface area (Å²) in [6.07, 6.45) is 1.83. The number of rotatable bonds is 5. The van der Waals surface area contributed by atoms with Crippen molar-refractivity contribution >= 4 is 28.5 Å². The summed E-state index contributed by atoms with van der Waals surface area (Å²) in [5.74, 6) is -0.314. The summed E-state index contributed by atoms with van der Waals surface area (Å²) < 4.78 is 5.53. The topological polar surface area (TPSA) is 71.3 Å². The van der Waals surface area contributed by atoms with Crippen LogP contribution in [0.4, 0.5) is 5.69 Å². The Morgan fingerprint density at radius 1 is 1.12 bits per heavy atom. The van der Waals surface area contributed by atoms with E-state index in [1.807, 2.05) is 32.0 Å². The van der Waals surface area contributed by atoms with Gasteiger partial charge in [-0.25, -0.2) is 0 Å². The fraction of sp³-hybridized carbons (Fsp3) is 0.200. The predicted octanol–water partition coefficient (Wildman–Crippen LogP) is 3.67. The highest BCUT2D eigenvalue weighted by Crippen LogP contribution is 2.23. The maximum atomic E-state index is 12.3. The molecule has 25 heavy (non-hydrogen) atoms. The molecular weight excluding hydrogens is 316 g/mol. The third-order valence-electron chi connectivity index (χ3n) is 3.91. The first-order chi connectivity index (χ1) is 12.1. The lowest BCUT2D eigenvalue weighted by Crippen LogP contribution is -2.23. The number of carbonyl (C=O) groups excluding carboxylic acids is 2. The van der Waals surface area contributed by atoms with Crippen LogP contribution in [0.3, 0.4) is 0 Å². The molecule has 0 saturated heterocycles. The molecule has 3 rings (SSSR count). The van der Waals surface area contributed by atoms with Gasteiger partial charge >= 0.3 is 0 Å². The summed E-state index contributed by atoms with van der Waals surface area (Å²) in [4.78, 5) is 24.2. The van der Waals surface area contributed by atoms with E-state index in [4.69, 9.17) is 4.42 Å². The summed E-state index contributed by atoms with van der Waals surface area (Å²) in [6, 6.07) is 12.8. The Bertz CT molecular complexity index is 928. The number of carbonyl (C=O) groups is 2. The summed E-state index contributed by atoms with van der Waals surface area (Å²) in [6.45, 7) is 4.42. The van der Waals surface area contributed by atoms with Crippen molar-refractivity contribution in [3.63, 3.8) is 0 Å². The van der Waals surface area contributed by atoms with E-state index < -0.39 is 0 Å². The first-order valence-corrected chi connectivity index (χ1v) is 8.21. The standard InChI is InChI=1S/C20H20N2O3/c1-3-21-20(24)14-5-4-6-16(10-14)22-19(23)11-15-12-25-18-9-13(2)7-8-17(15)18/h4-10,12H,3,11H2,1-2H3,(H,21,24)(H,22,23). The molecule has 128 valence electrons. The van der Waals surface area contributed by atoms with Crippen LogP contribution in [-0.4, -0.2) is 18.4 Å². The largest absolute Gasteiger partial charge is 0.464 e. The average molecular weight is 336 g/mol. The summed E-state index contributed by atoms with van der Waals surface area (Å²) in [5.41, 5.74) is 3.84. The molecule has 0 radical (unpaired) electrons. The van der Waals surface area contributed by atoms with E-state index >= 15 is 0 Å². The van der Waals surface area contributed by atoms with E-state index in [9.17, 15) is 9.59 Å². The minimum absolute atomic E-state index is 0.156. The Kier molecular flexibility index (Phi) is 4.84. The number of benzene rings is 2. The van der Waals surface area contributed by atoms with Gasteiger partial charge in [-0.1, -0.05) is 18.2 Å². The van der Waals surface area contributed by atoms with Gasteiger partial charge in [-0.05, 0) is 43.7 Å². The number of fused-ring (bicyclic) bond motifs is 1. The SMILES string of the molecule is CCNC(=O)c1cccc(NC(=O)Cc2coc3cc(C)ccc23)c1. The van der Waals surface area contributed by atoms with E-state index in [0.717, 1.165) is 22.1 Å². The van der Waals surface area contributed by atoms with Crippen molar-refractivity contribution in [1.29, 1.82) is 0 Å². The predicted molar refractivity (Wildman–Crippen MR) is 97.7 cm³/mol. The number of hydrogen-bond acceptors (Lipinski definition) is 3. The number of anilines is 1. The highest BCUT2D eigenvalue weighted by Gasteiger charge is 2.12. The van der Waals surface area contributed by atoms with Gasteiger partial charge in [-0.3, -0.25) is 9.59 Å². The van der Waals surface area contributed by atoms with Crippen molar-refractivity contribution in [2.45, 2.75) is 20.3 Å². The van der Waals surface area contributed by atoms with Crippen LogP contribution in [0.2, 0.25) is 0 Å². The zero-order chi connectivity index (χ0) is 17.8. The normalized spacial score (nSPS) is 10.6. The fourth-order valence-electron chi connectivity index (χ4n) is 2.71. The van der Waals surface area contributed by atoms with E-state index in [2.05, 4.69) is 10.6 Å². The molecule has 1 aromatic heterocycles. The van der Waals surface area contributed by atoms with Gasteiger partial charge in [0, 0.05) is 28.7 Å². The molecule has 0 bridgehead atoms. The second-order valence-corrected chi connectivity index (χ2v) is 5.93. The summed E-state index contributed by atoms with van der Waals surface area (Å²) >= 11 is 0. The number of amides is 2. The number of hydrogen-bond donors (Lipinski definition) is 2. The monoisotopic (exact) mass is 336 g/mol. The van der Waals surface area contributed by atoms with Crippen molar-refractivity contribution in [1.82, 2.24) is 5.32 Å². The molecule has 2 aromatic carbocycles. The fourth-order valence-corrected chi connectivity index (χ4v) is 2.71. The zero-order valence-electron chi connectivity index (χ0n) is 14.3. The van der Waals surface area contributed by atoms with Gasteiger partial charge in [-0.15, -0.1) is 0 Å². The third kappa shape index (κ3) is 3.88. The Hall–Kier alpha value is -3.08. The van der Waals surface area contributed by atoms with Crippen molar-refractivity contribution in [3.05, 3.63) is 65.4 Å². The van der Waals surface area contributed by atoms with Crippen LogP contribution < -0.4 is 10.6 Å². The van der Waals surface area contributed by atoms with Gasteiger partial charge in [-0.2, -0.15) is 0 Å². The van der Waals surface area contributed by atoms with Crippen LogP contribution in [0.15, 0.2) is 53.1 Å². The van der Waals surface area contributed by atoms with Crippen LogP contribution in [0.25, 0.3) is 11.0 Å². The van der Waals surface area contributed by atoms with Gasteiger partial charge in [0.2, 0.25) is 5.91 Å². The number of furan rings is 1. The van der Waals surface area contributed by atoms with Crippen LogP contribution >= 0.6 is 0 Å². The van der Waals surface area contributed by atoms with Gasteiger partial charge < -0.3 is 15.1 Å². The lowest BCUT2D eigenvalue weighted by molar-refractivity contribution is -0.115. The molecule has 2 amide bonds. The van der Waals surface area contributed by atoms with E-state index in [-0.39, 0.29) is 18.2 Å². The van der Waals surface area contributed by atoms with Crippen molar-refractivity contribution < 1.29 is 14.0 Å². The summed E-state index contributed by atoms with van der Waals surface area (Å²) in [5, 5.41) is 6.51. The molecule has 3 aromatic rings. The molecule has 0 fully saturated rings. The lowest BCUT2D eigenvalue weighted by Gasteiger charge is -2.07. The van der Waals surface area contributed by atoms with Gasteiger partial charge in [0.25, 0.3) is 5.91 Å². The molecule has 0 unspecified atom stereocenters. The second-order valence-electron chi connectivity index (χ2n) is 5.93. The minimum Gasteiger partial charge on any atom is -0.464 e. The van der Waals surface area contributed by atoms with E-state index in [1.165, 1.54) is 0 Å². The molecule has 0 aliphatic carbocycles. The highest BCUT2D eigenvalue weighted by molar-refractivity contribution is 5.98. The number of nitrogens with one attached hydrogen (secondary N) is 2. The molecule has 5 heteroatoms. The first kappa shape index (κ1) is 16.8. The highest BCUT2D eigenvalue weighted by atomic mass is 16.3. The molecule has 2 N–H and O–H groups in total. The maximum Gasteiger partial charge on any atom is 0.251 e. The zero-order valence-corrected chi connectivity index (χ0v) is 14.3. The first-order valence-electron chi connectivity index (χ1n) is 8.21. The molecule has 1 heterocycles. The molecule has 0 aliphatic heterocycles. The van der Waals surface area contributed by atoms with Crippen LogP contribution in [-0.2, 0) is 11.2 Å². The molecule has 0 spiro atoms. The Balaban J connectivity index is 1.72. The molecular formula is C20H20N2O3. The van der Waals surface area contributed by atoms with Gasteiger partial charge in [0.05, 0.1) is 12.7 Å². The second kappa shape index (κ2) is 7.21. The van der Waals surface area contributed by atoms with Crippen molar-refractivity contribution in [3.8, 4) is 0 Å². The Labute approximate surface area is 146 Å². The van der Waals surface area contributed by atoms with Crippen LogP contribution in [0, 0.1) is 6.92 Å². The Morgan fingerprint density at radius 3 is 2.76 bits per heavy atom. The summed E-state index contributed by atoms with van der Waals surface area (Å²) in [7, 11) is 0. The molecule has 5 nitrogen and oxygen atoms in total. The Morgan fingerprint density at radius 2 is 1.96 bits per heavy atom.